The van der Waals surface area contributed by atoms with Crippen LogP contribution in [-0.2, 0) is 0 Å². The molecule has 100 valence electrons. The van der Waals surface area contributed by atoms with Crippen molar-refractivity contribution in [3.05, 3.63) is 33.3 Å². The Morgan fingerprint density at radius 2 is 2.17 bits per heavy atom. The van der Waals surface area contributed by atoms with Gasteiger partial charge in [-0.2, -0.15) is 12.6 Å². The van der Waals surface area contributed by atoms with Crippen LogP contribution in [0.3, 0.4) is 0 Å². The molecule has 1 aromatic rings. The quantitative estimate of drug-likeness (QED) is 0.492. The highest BCUT2D eigenvalue weighted by Crippen LogP contribution is 2.30. The highest BCUT2D eigenvalue weighted by Gasteiger charge is 2.18. The number of hydrogen-bond acceptors (Lipinski definition) is 4. The van der Waals surface area contributed by atoms with Gasteiger partial charge in [-0.15, -0.1) is 0 Å². The van der Waals surface area contributed by atoms with Gasteiger partial charge in [0.15, 0.2) is 5.75 Å². The average molecular weight is 290 g/mol. The second kappa shape index (κ2) is 6.85. The maximum atomic E-state index is 10.9. The molecule has 0 aliphatic rings. The third-order valence-electron chi connectivity index (χ3n) is 2.75. The maximum absolute atomic E-state index is 10.9. The molecule has 0 saturated heterocycles. The monoisotopic (exact) mass is 289 g/mol. The van der Waals surface area contributed by atoms with E-state index in [1.807, 2.05) is 0 Å². The third kappa shape index (κ3) is 4.07. The predicted molar refractivity (Wildman–Crippen MR) is 75.8 cm³/mol. The zero-order chi connectivity index (χ0) is 13.7. The lowest BCUT2D eigenvalue weighted by atomic mass is 9.99. The van der Waals surface area contributed by atoms with Crippen LogP contribution in [0.1, 0.15) is 13.8 Å². The number of rotatable bonds is 6. The number of benzene rings is 1. The molecule has 0 bridgehead atoms. The predicted octanol–water partition coefficient (Wildman–Crippen LogP) is 3.83. The fraction of sp³-hybridized carbons (Fsp3) is 0.500. The molecule has 0 spiro atoms. The van der Waals surface area contributed by atoms with E-state index in [0.717, 1.165) is 0 Å². The topological polar surface area (TPSA) is 52.4 Å². The molecule has 1 rings (SSSR count). The Morgan fingerprint density at radius 3 is 2.67 bits per heavy atom. The molecule has 18 heavy (non-hydrogen) atoms. The van der Waals surface area contributed by atoms with E-state index in [1.54, 1.807) is 6.07 Å². The second-order valence-electron chi connectivity index (χ2n) is 4.37. The van der Waals surface area contributed by atoms with Crippen LogP contribution in [0, 0.1) is 22.0 Å². The van der Waals surface area contributed by atoms with Gasteiger partial charge in [-0.25, -0.2) is 0 Å². The summed E-state index contributed by atoms with van der Waals surface area (Å²) in [6.45, 7) is 4.55. The second-order valence-corrected chi connectivity index (χ2v) is 5.17. The first-order valence-electron chi connectivity index (χ1n) is 5.63. The number of hydrogen-bond donors (Lipinski definition) is 1. The molecule has 1 aromatic carbocycles. The van der Waals surface area contributed by atoms with Crippen LogP contribution in [-0.4, -0.2) is 17.3 Å². The van der Waals surface area contributed by atoms with Gasteiger partial charge in [0.2, 0.25) is 0 Å². The Balaban J connectivity index is 2.81. The van der Waals surface area contributed by atoms with Crippen LogP contribution in [0.25, 0.3) is 0 Å². The fourth-order valence-corrected chi connectivity index (χ4v) is 2.10. The lowest BCUT2D eigenvalue weighted by Crippen LogP contribution is -2.19. The lowest BCUT2D eigenvalue weighted by Gasteiger charge is -2.18. The standard InChI is InChI=1S/C12H16ClNO3S/c1-8(2)9(7-18)6-17-12-4-3-10(13)5-11(12)14(15)16/h3-5,8-9,18H,6-7H2,1-2H3. The Hall–Kier alpha value is -0.940. The van der Waals surface area contributed by atoms with E-state index in [0.29, 0.717) is 23.3 Å². The maximum Gasteiger partial charge on any atom is 0.312 e. The summed E-state index contributed by atoms with van der Waals surface area (Å²) < 4.78 is 5.52. The van der Waals surface area contributed by atoms with E-state index in [4.69, 9.17) is 16.3 Å². The minimum atomic E-state index is -0.494. The fourth-order valence-electron chi connectivity index (χ4n) is 1.41. The first kappa shape index (κ1) is 15.1. The van der Waals surface area contributed by atoms with Crippen molar-refractivity contribution in [2.24, 2.45) is 11.8 Å². The van der Waals surface area contributed by atoms with Gasteiger partial charge in [-0.05, 0) is 23.8 Å². The van der Waals surface area contributed by atoms with Crippen molar-refractivity contribution in [1.29, 1.82) is 0 Å². The minimum Gasteiger partial charge on any atom is -0.486 e. The molecule has 0 fully saturated rings. The van der Waals surface area contributed by atoms with Gasteiger partial charge in [0.05, 0.1) is 11.5 Å². The summed E-state index contributed by atoms with van der Waals surface area (Å²) >= 11 is 9.98. The Bertz CT molecular complexity index is 426. The molecule has 1 atom stereocenters. The Morgan fingerprint density at radius 1 is 1.50 bits per heavy atom. The summed E-state index contributed by atoms with van der Waals surface area (Å²) in [7, 11) is 0. The smallest absolute Gasteiger partial charge is 0.312 e. The molecule has 0 heterocycles. The van der Waals surface area contributed by atoms with Crippen molar-refractivity contribution in [3.63, 3.8) is 0 Å². The molecule has 6 heteroatoms. The molecule has 0 radical (unpaired) electrons. The molecular formula is C12H16ClNO3S. The lowest BCUT2D eigenvalue weighted by molar-refractivity contribution is -0.385. The first-order chi connectivity index (χ1) is 8.45. The van der Waals surface area contributed by atoms with Gasteiger partial charge in [0.25, 0.3) is 0 Å². The van der Waals surface area contributed by atoms with Crippen molar-refractivity contribution in [3.8, 4) is 5.75 Å². The van der Waals surface area contributed by atoms with Crippen molar-refractivity contribution in [2.45, 2.75) is 13.8 Å². The average Bonchev–Trinajstić information content (AvgIpc) is 2.30. The van der Waals surface area contributed by atoms with E-state index in [-0.39, 0.29) is 17.4 Å². The van der Waals surface area contributed by atoms with Crippen molar-refractivity contribution in [1.82, 2.24) is 0 Å². The van der Waals surface area contributed by atoms with Crippen LogP contribution < -0.4 is 4.74 Å². The summed E-state index contributed by atoms with van der Waals surface area (Å²) in [5.41, 5.74) is -0.107. The van der Waals surface area contributed by atoms with E-state index in [2.05, 4.69) is 26.5 Å². The molecule has 0 aromatic heterocycles. The highest BCUT2D eigenvalue weighted by atomic mass is 35.5. The van der Waals surface area contributed by atoms with Gasteiger partial charge < -0.3 is 4.74 Å². The molecular weight excluding hydrogens is 274 g/mol. The van der Waals surface area contributed by atoms with Gasteiger partial charge >= 0.3 is 5.69 Å². The van der Waals surface area contributed by atoms with Gasteiger partial charge in [0, 0.05) is 17.0 Å². The van der Waals surface area contributed by atoms with E-state index in [1.165, 1.54) is 12.1 Å². The van der Waals surface area contributed by atoms with E-state index < -0.39 is 4.92 Å². The van der Waals surface area contributed by atoms with Crippen LogP contribution >= 0.6 is 24.2 Å². The van der Waals surface area contributed by atoms with E-state index in [9.17, 15) is 10.1 Å². The number of nitro groups is 1. The van der Waals surface area contributed by atoms with Crippen LogP contribution in [0.4, 0.5) is 5.69 Å². The molecule has 0 aliphatic heterocycles. The van der Waals surface area contributed by atoms with Crippen molar-refractivity contribution in [2.75, 3.05) is 12.4 Å². The van der Waals surface area contributed by atoms with Crippen LogP contribution in [0.15, 0.2) is 18.2 Å². The third-order valence-corrected chi connectivity index (χ3v) is 3.45. The molecule has 4 nitrogen and oxygen atoms in total. The summed E-state index contributed by atoms with van der Waals surface area (Å²) in [4.78, 5) is 10.4. The first-order valence-corrected chi connectivity index (χ1v) is 6.64. The van der Waals surface area contributed by atoms with Crippen LogP contribution in [0.2, 0.25) is 5.02 Å². The number of nitro benzene ring substituents is 1. The summed E-state index contributed by atoms with van der Waals surface area (Å²) in [6, 6.07) is 4.40. The molecule has 0 N–H and O–H groups in total. The highest BCUT2D eigenvalue weighted by molar-refractivity contribution is 7.80. The largest absolute Gasteiger partial charge is 0.486 e. The van der Waals surface area contributed by atoms with Gasteiger partial charge in [0.1, 0.15) is 0 Å². The molecule has 1 unspecified atom stereocenters. The van der Waals surface area contributed by atoms with Gasteiger partial charge in [-0.3, -0.25) is 10.1 Å². The summed E-state index contributed by atoms with van der Waals surface area (Å²) in [5, 5.41) is 11.2. The molecule has 0 amide bonds. The summed E-state index contributed by atoms with van der Waals surface area (Å²) in [5.74, 6) is 1.59. The normalized spacial score (nSPS) is 12.5. The summed E-state index contributed by atoms with van der Waals surface area (Å²) in [6.07, 6.45) is 0. The van der Waals surface area contributed by atoms with Crippen LogP contribution in [0.5, 0.6) is 5.75 Å². The minimum absolute atomic E-state index is 0.107. The number of thiol groups is 1. The zero-order valence-electron chi connectivity index (χ0n) is 10.3. The molecule has 0 aliphatic carbocycles. The zero-order valence-corrected chi connectivity index (χ0v) is 11.9. The number of halogens is 1. The Labute approximate surface area is 117 Å². The molecule has 0 saturated carbocycles. The Kier molecular flexibility index (Phi) is 5.75. The van der Waals surface area contributed by atoms with Gasteiger partial charge in [-0.1, -0.05) is 25.4 Å². The van der Waals surface area contributed by atoms with E-state index >= 15 is 0 Å². The number of nitrogens with zero attached hydrogens (tertiary/aromatic N) is 1. The van der Waals surface area contributed by atoms with Crippen molar-refractivity contribution >= 4 is 29.9 Å². The van der Waals surface area contributed by atoms with Crippen molar-refractivity contribution < 1.29 is 9.66 Å². The SMILES string of the molecule is CC(C)C(CS)COc1ccc(Cl)cc1[N+](=O)[O-]. The number of ether oxygens (including phenoxy) is 1.